The zero-order chi connectivity index (χ0) is 21.1. The van der Waals surface area contributed by atoms with E-state index >= 15 is 0 Å². The predicted molar refractivity (Wildman–Crippen MR) is 112 cm³/mol. The van der Waals surface area contributed by atoms with Crippen molar-refractivity contribution < 1.29 is 9.53 Å². The summed E-state index contributed by atoms with van der Waals surface area (Å²) in [7, 11) is 1.66. The van der Waals surface area contributed by atoms with Gasteiger partial charge in [0.1, 0.15) is 11.6 Å². The molecule has 3 rings (SSSR count). The van der Waals surface area contributed by atoms with Crippen LogP contribution in [0.1, 0.15) is 29.9 Å². The lowest BCUT2D eigenvalue weighted by Crippen LogP contribution is -2.14. The van der Waals surface area contributed by atoms with Crippen molar-refractivity contribution in [2.45, 2.75) is 26.8 Å². The van der Waals surface area contributed by atoms with Gasteiger partial charge in [-0.25, -0.2) is 4.79 Å². The van der Waals surface area contributed by atoms with E-state index in [0.717, 1.165) is 17.0 Å². The number of fused-ring (bicyclic) bond motifs is 1. The van der Waals surface area contributed by atoms with Gasteiger partial charge in [-0.3, -0.25) is 4.79 Å². The van der Waals surface area contributed by atoms with Crippen molar-refractivity contribution in [2.24, 2.45) is 0 Å². The summed E-state index contributed by atoms with van der Waals surface area (Å²) >= 11 is 0. The van der Waals surface area contributed by atoms with Crippen LogP contribution in [0, 0.1) is 25.2 Å². The zero-order valence-corrected chi connectivity index (χ0v) is 16.8. The number of rotatable bonds is 6. The van der Waals surface area contributed by atoms with Gasteiger partial charge in [-0.1, -0.05) is 0 Å². The smallest absolute Gasteiger partial charge is 0.323 e. The standard InChI is InChI=1S/C21H23N5O3/c1-12-7-15(14(3)26(12)13(2)11-29-4)8-16(10-22)20(27)23-17-5-6-18-19(9-17)25-21(28)24-18/h5-9,13H,11H2,1-4H3,(H,23,27)(H2,24,25,28)/b16-8+. The van der Waals surface area contributed by atoms with Gasteiger partial charge in [0.2, 0.25) is 0 Å². The van der Waals surface area contributed by atoms with Crippen molar-refractivity contribution in [3.05, 3.63) is 57.3 Å². The van der Waals surface area contributed by atoms with Crippen molar-refractivity contribution in [3.8, 4) is 6.07 Å². The Morgan fingerprint density at radius 1 is 1.31 bits per heavy atom. The lowest BCUT2D eigenvalue weighted by atomic mass is 10.1. The zero-order valence-electron chi connectivity index (χ0n) is 16.8. The minimum atomic E-state index is -0.514. The van der Waals surface area contributed by atoms with Crippen LogP contribution in [0.5, 0.6) is 0 Å². The maximum absolute atomic E-state index is 12.6. The first-order chi connectivity index (χ1) is 13.8. The Bertz CT molecular complexity index is 1190. The monoisotopic (exact) mass is 393 g/mol. The number of hydrogen-bond acceptors (Lipinski definition) is 4. The van der Waals surface area contributed by atoms with Gasteiger partial charge in [0, 0.05) is 24.2 Å². The number of anilines is 1. The molecule has 3 aromatic rings. The summed E-state index contributed by atoms with van der Waals surface area (Å²) in [6.45, 7) is 6.55. The summed E-state index contributed by atoms with van der Waals surface area (Å²) in [6.07, 6.45) is 1.59. The highest BCUT2D eigenvalue weighted by molar-refractivity contribution is 6.10. The van der Waals surface area contributed by atoms with Crippen molar-refractivity contribution >= 4 is 28.7 Å². The number of carbonyl (C=O) groups is 1. The molecule has 2 aromatic heterocycles. The SMILES string of the molecule is COCC(C)n1c(C)cc(/C=C(\C#N)C(=O)Nc2ccc3[nH]c(=O)[nH]c3c2)c1C. The van der Waals surface area contributed by atoms with Gasteiger partial charge in [-0.2, -0.15) is 5.26 Å². The van der Waals surface area contributed by atoms with E-state index in [1.165, 1.54) is 0 Å². The highest BCUT2D eigenvalue weighted by Gasteiger charge is 2.16. The second kappa shape index (κ2) is 8.20. The Morgan fingerprint density at radius 3 is 2.72 bits per heavy atom. The average molecular weight is 393 g/mol. The van der Waals surface area contributed by atoms with Crippen molar-refractivity contribution in [3.63, 3.8) is 0 Å². The molecule has 1 unspecified atom stereocenters. The molecule has 8 heteroatoms. The Morgan fingerprint density at radius 2 is 2.03 bits per heavy atom. The largest absolute Gasteiger partial charge is 0.383 e. The molecule has 0 bridgehead atoms. The third kappa shape index (κ3) is 4.15. The van der Waals surface area contributed by atoms with Gasteiger partial charge in [-0.05, 0) is 56.7 Å². The van der Waals surface area contributed by atoms with Crippen molar-refractivity contribution in [2.75, 3.05) is 19.0 Å². The van der Waals surface area contributed by atoms with Gasteiger partial charge in [-0.15, -0.1) is 0 Å². The maximum Gasteiger partial charge on any atom is 0.323 e. The lowest BCUT2D eigenvalue weighted by molar-refractivity contribution is -0.112. The molecule has 0 fully saturated rings. The lowest BCUT2D eigenvalue weighted by Gasteiger charge is -2.17. The fourth-order valence-corrected chi connectivity index (χ4v) is 3.56. The highest BCUT2D eigenvalue weighted by Crippen LogP contribution is 2.23. The number of amides is 1. The minimum absolute atomic E-state index is 0.00713. The number of H-pyrrole nitrogens is 2. The van der Waals surface area contributed by atoms with E-state index in [2.05, 4.69) is 26.8 Å². The molecule has 3 N–H and O–H groups in total. The van der Waals surface area contributed by atoms with E-state index < -0.39 is 5.91 Å². The number of methoxy groups -OCH3 is 1. The van der Waals surface area contributed by atoms with Gasteiger partial charge >= 0.3 is 5.69 Å². The number of nitriles is 1. The molecule has 1 aromatic carbocycles. The molecule has 150 valence electrons. The first-order valence-electron chi connectivity index (χ1n) is 9.16. The fraction of sp³-hybridized carbons (Fsp3) is 0.286. The molecule has 1 amide bonds. The number of ether oxygens (including phenoxy) is 1. The van der Waals surface area contributed by atoms with E-state index in [1.807, 2.05) is 26.0 Å². The summed E-state index contributed by atoms with van der Waals surface area (Å²) in [5.41, 5.74) is 4.16. The Kier molecular flexibility index (Phi) is 5.71. The number of aromatic nitrogens is 3. The minimum Gasteiger partial charge on any atom is -0.383 e. The van der Waals surface area contributed by atoms with Crippen molar-refractivity contribution in [1.82, 2.24) is 14.5 Å². The van der Waals surface area contributed by atoms with Gasteiger partial charge in [0.15, 0.2) is 0 Å². The molecule has 0 aliphatic rings. The number of aryl methyl sites for hydroxylation is 1. The van der Waals surface area contributed by atoms with E-state index in [9.17, 15) is 14.9 Å². The van der Waals surface area contributed by atoms with Crippen LogP contribution in [0.2, 0.25) is 0 Å². The molecule has 0 aliphatic carbocycles. The molecule has 0 saturated heterocycles. The highest BCUT2D eigenvalue weighted by atomic mass is 16.5. The quantitative estimate of drug-likeness (QED) is 0.441. The second-order valence-electron chi connectivity index (χ2n) is 6.96. The van der Waals surface area contributed by atoms with Crippen LogP contribution in [-0.4, -0.2) is 34.2 Å². The number of nitrogens with zero attached hydrogens (tertiary/aromatic N) is 2. The number of imidazole rings is 1. The van der Waals surface area contributed by atoms with Gasteiger partial charge in [0.05, 0.1) is 23.7 Å². The van der Waals surface area contributed by atoms with Gasteiger partial charge in [0.25, 0.3) is 5.91 Å². The molecule has 0 aliphatic heterocycles. The molecule has 2 heterocycles. The van der Waals surface area contributed by atoms with Crippen LogP contribution in [0.15, 0.2) is 34.6 Å². The second-order valence-corrected chi connectivity index (χ2v) is 6.96. The Balaban J connectivity index is 1.87. The summed E-state index contributed by atoms with van der Waals surface area (Å²) in [5, 5.41) is 12.2. The molecule has 1 atom stereocenters. The Labute approximate surface area is 167 Å². The molecule has 29 heavy (non-hydrogen) atoms. The fourth-order valence-electron chi connectivity index (χ4n) is 3.56. The summed E-state index contributed by atoms with van der Waals surface area (Å²) in [5.74, 6) is -0.514. The number of hydrogen-bond donors (Lipinski definition) is 3. The third-order valence-corrected chi connectivity index (χ3v) is 4.81. The molecule has 8 nitrogen and oxygen atoms in total. The molecule has 0 saturated carbocycles. The van der Waals surface area contributed by atoms with E-state index in [4.69, 9.17) is 4.74 Å². The number of aromatic amines is 2. The van der Waals surface area contributed by atoms with Crippen LogP contribution in [0.3, 0.4) is 0 Å². The van der Waals surface area contributed by atoms with Crippen LogP contribution < -0.4 is 11.0 Å². The summed E-state index contributed by atoms with van der Waals surface area (Å²) in [6, 6.07) is 9.04. The van der Waals surface area contributed by atoms with E-state index in [1.54, 1.807) is 31.4 Å². The van der Waals surface area contributed by atoms with Gasteiger partial charge < -0.3 is 24.6 Å². The normalized spacial score (nSPS) is 12.7. The Hall–Kier alpha value is -3.57. The van der Waals surface area contributed by atoms with Crippen LogP contribution in [0.4, 0.5) is 5.69 Å². The number of benzene rings is 1. The summed E-state index contributed by atoms with van der Waals surface area (Å²) < 4.78 is 7.36. The average Bonchev–Trinajstić information content (AvgIpc) is 3.17. The molecule has 0 radical (unpaired) electrons. The summed E-state index contributed by atoms with van der Waals surface area (Å²) in [4.78, 5) is 29.3. The first kappa shape index (κ1) is 20.2. The number of nitrogens with one attached hydrogen (secondary N) is 3. The van der Waals surface area contributed by atoms with Crippen LogP contribution in [0.25, 0.3) is 17.1 Å². The van der Waals surface area contributed by atoms with E-state index in [-0.39, 0.29) is 17.3 Å². The predicted octanol–water partition coefficient (Wildman–Crippen LogP) is 3.03. The first-order valence-corrected chi connectivity index (χ1v) is 9.16. The van der Waals surface area contributed by atoms with E-state index in [0.29, 0.717) is 23.3 Å². The molecular weight excluding hydrogens is 370 g/mol. The maximum atomic E-state index is 12.6. The van der Waals surface area contributed by atoms with Crippen molar-refractivity contribution in [1.29, 1.82) is 5.26 Å². The topological polar surface area (TPSA) is 116 Å². The molecule has 0 spiro atoms. The van der Waals surface area contributed by atoms with Crippen LogP contribution >= 0.6 is 0 Å². The molecular formula is C21H23N5O3. The van der Waals surface area contributed by atoms with Crippen LogP contribution in [-0.2, 0) is 9.53 Å². The number of carbonyl (C=O) groups excluding carboxylic acids is 1. The third-order valence-electron chi connectivity index (χ3n) is 4.81.